The number of hydrogen-bond donors (Lipinski definition) is 1. The summed E-state index contributed by atoms with van der Waals surface area (Å²) < 4.78 is 6.05. The average Bonchev–Trinajstić information content (AvgIpc) is 2.47. The van der Waals surface area contributed by atoms with Gasteiger partial charge in [-0.25, -0.2) is 0 Å². The lowest BCUT2D eigenvalue weighted by molar-refractivity contribution is 0.0576. The molecule has 0 fully saturated rings. The number of hydrogen-bond acceptors (Lipinski definition) is 3. The van der Waals surface area contributed by atoms with Gasteiger partial charge in [0.05, 0.1) is 28.8 Å². The Morgan fingerprint density at radius 2 is 2.05 bits per heavy atom. The van der Waals surface area contributed by atoms with Crippen LogP contribution in [0.25, 0.3) is 0 Å². The fraction of sp³-hybridized carbons (Fsp3) is 0.235. The van der Waals surface area contributed by atoms with Crippen molar-refractivity contribution in [2.24, 2.45) is 0 Å². The molecule has 0 heterocycles. The zero-order chi connectivity index (χ0) is 15.5. The topological polar surface area (TPSA) is 53.2 Å². The molecule has 2 aromatic carbocycles. The predicted octanol–water partition coefficient (Wildman–Crippen LogP) is 3.78. The molecule has 108 valence electrons. The molecule has 21 heavy (non-hydrogen) atoms. The number of rotatable bonds is 4. The van der Waals surface area contributed by atoms with Gasteiger partial charge in [-0.2, -0.15) is 5.26 Å². The molecule has 0 spiro atoms. The summed E-state index contributed by atoms with van der Waals surface area (Å²) in [6, 6.07) is 14.9. The molecule has 0 saturated carbocycles. The van der Waals surface area contributed by atoms with Gasteiger partial charge in [0.1, 0.15) is 5.75 Å². The summed E-state index contributed by atoms with van der Waals surface area (Å²) in [6.07, 6.45) is 0.449. The molecule has 1 N–H and O–H groups in total. The van der Waals surface area contributed by atoms with Crippen LogP contribution in [0.1, 0.15) is 23.6 Å². The van der Waals surface area contributed by atoms with Crippen molar-refractivity contribution in [2.75, 3.05) is 7.11 Å². The Morgan fingerprint density at radius 3 is 2.67 bits per heavy atom. The van der Waals surface area contributed by atoms with Crippen LogP contribution in [0.15, 0.2) is 46.9 Å². The smallest absolute Gasteiger partial charge is 0.133 e. The van der Waals surface area contributed by atoms with Crippen LogP contribution in [-0.2, 0) is 12.0 Å². The average molecular weight is 346 g/mol. The highest BCUT2D eigenvalue weighted by Gasteiger charge is 2.24. The van der Waals surface area contributed by atoms with Crippen LogP contribution in [0.4, 0.5) is 0 Å². The molecular weight excluding hydrogens is 330 g/mol. The third-order valence-electron chi connectivity index (χ3n) is 3.38. The molecule has 2 rings (SSSR count). The Hall–Kier alpha value is -1.83. The molecular formula is C17H16BrNO2. The van der Waals surface area contributed by atoms with E-state index in [0.29, 0.717) is 12.0 Å². The van der Waals surface area contributed by atoms with Gasteiger partial charge in [-0.3, -0.25) is 0 Å². The number of benzene rings is 2. The largest absolute Gasteiger partial charge is 0.496 e. The lowest BCUT2D eigenvalue weighted by Crippen LogP contribution is -2.24. The first-order valence-corrected chi connectivity index (χ1v) is 7.31. The molecule has 3 nitrogen and oxygen atoms in total. The molecule has 0 saturated heterocycles. The minimum absolute atomic E-state index is 0.449. The van der Waals surface area contributed by atoms with E-state index in [0.717, 1.165) is 21.3 Å². The van der Waals surface area contributed by atoms with Crippen molar-refractivity contribution >= 4 is 15.9 Å². The van der Waals surface area contributed by atoms with E-state index in [1.807, 2.05) is 24.3 Å². The maximum absolute atomic E-state index is 10.7. The van der Waals surface area contributed by atoms with E-state index >= 15 is 0 Å². The van der Waals surface area contributed by atoms with E-state index in [1.54, 1.807) is 32.2 Å². The minimum atomic E-state index is -1.04. The van der Waals surface area contributed by atoms with Crippen LogP contribution in [0, 0.1) is 11.3 Å². The van der Waals surface area contributed by atoms with Crippen LogP contribution in [-0.4, -0.2) is 12.2 Å². The van der Waals surface area contributed by atoms with Gasteiger partial charge in [-0.05, 0) is 58.2 Å². The first kappa shape index (κ1) is 15.6. The van der Waals surface area contributed by atoms with Crippen molar-refractivity contribution in [3.8, 4) is 11.8 Å². The van der Waals surface area contributed by atoms with Crippen molar-refractivity contribution in [1.29, 1.82) is 5.26 Å². The van der Waals surface area contributed by atoms with Crippen molar-refractivity contribution in [3.05, 3.63) is 63.6 Å². The van der Waals surface area contributed by atoms with Gasteiger partial charge in [-0.1, -0.05) is 18.2 Å². The third kappa shape index (κ3) is 3.63. The fourth-order valence-electron chi connectivity index (χ4n) is 2.24. The number of nitrogens with zero attached hydrogens (tertiary/aromatic N) is 1. The van der Waals surface area contributed by atoms with Crippen molar-refractivity contribution < 1.29 is 9.84 Å². The van der Waals surface area contributed by atoms with Crippen LogP contribution in [0.5, 0.6) is 5.75 Å². The van der Waals surface area contributed by atoms with Gasteiger partial charge in [0.25, 0.3) is 0 Å². The quantitative estimate of drug-likeness (QED) is 0.917. The standard InChI is InChI=1S/C17H16BrNO2/c1-17(20,14-5-3-4-13(8-14)11-19)10-12-6-7-16(21-2)15(18)9-12/h3-9,20H,10H2,1-2H3. The lowest BCUT2D eigenvalue weighted by atomic mass is 9.88. The Bertz CT molecular complexity index is 689. The Balaban J connectivity index is 2.28. The number of methoxy groups -OCH3 is 1. The molecule has 0 aliphatic heterocycles. The zero-order valence-corrected chi connectivity index (χ0v) is 13.5. The molecule has 1 unspecified atom stereocenters. The summed E-state index contributed by atoms with van der Waals surface area (Å²) >= 11 is 3.44. The maximum Gasteiger partial charge on any atom is 0.133 e. The molecule has 0 amide bonds. The SMILES string of the molecule is COc1ccc(CC(C)(O)c2cccc(C#N)c2)cc1Br. The summed E-state index contributed by atoms with van der Waals surface area (Å²) in [5.74, 6) is 0.755. The fourth-order valence-corrected chi connectivity index (χ4v) is 2.83. The van der Waals surface area contributed by atoms with Crippen LogP contribution >= 0.6 is 15.9 Å². The second-order valence-corrected chi connectivity index (χ2v) is 5.97. The number of aliphatic hydroxyl groups is 1. The minimum Gasteiger partial charge on any atom is -0.496 e. The second-order valence-electron chi connectivity index (χ2n) is 5.11. The second kappa shape index (κ2) is 6.30. The summed E-state index contributed by atoms with van der Waals surface area (Å²) in [4.78, 5) is 0. The van der Waals surface area contributed by atoms with E-state index < -0.39 is 5.60 Å². The van der Waals surface area contributed by atoms with Crippen molar-refractivity contribution in [2.45, 2.75) is 18.9 Å². The molecule has 0 radical (unpaired) electrons. The van der Waals surface area contributed by atoms with E-state index in [2.05, 4.69) is 22.0 Å². The van der Waals surface area contributed by atoms with E-state index in [4.69, 9.17) is 10.00 Å². The highest BCUT2D eigenvalue weighted by Crippen LogP contribution is 2.30. The normalized spacial score (nSPS) is 13.3. The van der Waals surface area contributed by atoms with Gasteiger partial charge in [0.2, 0.25) is 0 Å². The van der Waals surface area contributed by atoms with Gasteiger partial charge < -0.3 is 9.84 Å². The predicted molar refractivity (Wildman–Crippen MR) is 85.1 cm³/mol. The van der Waals surface area contributed by atoms with E-state index in [1.165, 1.54) is 0 Å². The van der Waals surface area contributed by atoms with Gasteiger partial charge in [0.15, 0.2) is 0 Å². The summed E-state index contributed by atoms with van der Waals surface area (Å²) in [5.41, 5.74) is 1.22. The molecule has 0 aliphatic carbocycles. The van der Waals surface area contributed by atoms with Gasteiger partial charge in [-0.15, -0.1) is 0 Å². The van der Waals surface area contributed by atoms with E-state index in [-0.39, 0.29) is 0 Å². The van der Waals surface area contributed by atoms with Crippen LogP contribution in [0.2, 0.25) is 0 Å². The zero-order valence-electron chi connectivity index (χ0n) is 11.9. The number of nitriles is 1. The van der Waals surface area contributed by atoms with Crippen molar-refractivity contribution in [1.82, 2.24) is 0 Å². The third-order valence-corrected chi connectivity index (χ3v) is 4.00. The molecule has 0 bridgehead atoms. The van der Waals surface area contributed by atoms with E-state index in [9.17, 15) is 5.11 Å². The summed E-state index contributed by atoms with van der Waals surface area (Å²) in [6.45, 7) is 1.75. The highest BCUT2D eigenvalue weighted by atomic mass is 79.9. The Morgan fingerprint density at radius 1 is 1.29 bits per heavy atom. The van der Waals surface area contributed by atoms with Crippen LogP contribution < -0.4 is 4.74 Å². The van der Waals surface area contributed by atoms with Gasteiger partial charge in [0, 0.05) is 6.42 Å². The first-order chi connectivity index (χ1) is 9.96. The first-order valence-electron chi connectivity index (χ1n) is 6.52. The molecule has 2 aromatic rings. The lowest BCUT2D eigenvalue weighted by Gasteiger charge is -2.24. The summed E-state index contributed by atoms with van der Waals surface area (Å²) in [5, 5.41) is 19.7. The summed E-state index contributed by atoms with van der Waals surface area (Å²) in [7, 11) is 1.61. The number of halogens is 1. The molecule has 0 aliphatic rings. The molecule has 0 aromatic heterocycles. The van der Waals surface area contributed by atoms with Gasteiger partial charge >= 0.3 is 0 Å². The molecule has 1 atom stereocenters. The van der Waals surface area contributed by atoms with Crippen molar-refractivity contribution in [3.63, 3.8) is 0 Å². The highest BCUT2D eigenvalue weighted by molar-refractivity contribution is 9.10. The van der Waals surface area contributed by atoms with Crippen LogP contribution in [0.3, 0.4) is 0 Å². The Labute approximate surface area is 132 Å². The monoisotopic (exact) mass is 345 g/mol. The maximum atomic E-state index is 10.7. The molecule has 4 heteroatoms. The number of ether oxygens (including phenoxy) is 1. The Kier molecular flexibility index (Phi) is 4.66.